The number of nitrogens with zero attached hydrogens (tertiary/aromatic N) is 1. The smallest absolute Gasteiger partial charge is 0.273 e. The van der Waals surface area contributed by atoms with Crippen molar-refractivity contribution >= 4 is 23.7 Å². The van der Waals surface area contributed by atoms with Crippen molar-refractivity contribution in [3.05, 3.63) is 95.3 Å². The van der Waals surface area contributed by atoms with E-state index in [1.54, 1.807) is 24.3 Å². The summed E-state index contributed by atoms with van der Waals surface area (Å²) in [6.07, 6.45) is 1.51. The molecule has 0 radical (unpaired) electrons. The number of hydrazone groups is 1. The largest absolute Gasteiger partial charge is 0.494 e. The zero-order valence-electron chi connectivity index (χ0n) is 16.3. The molecule has 30 heavy (non-hydrogen) atoms. The van der Waals surface area contributed by atoms with Gasteiger partial charge in [0.15, 0.2) is 0 Å². The normalized spacial score (nSPS) is 10.6. The molecule has 152 valence electrons. The fourth-order valence-electron chi connectivity index (χ4n) is 2.63. The lowest BCUT2D eigenvalue weighted by Crippen LogP contribution is -2.21. The molecule has 3 rings (SSSR count). The summed E-state index contributed by atoms with van der Waals surface area (Å²) >= 11 is 0. The van der Waals surface area contributed by atoms with Crippen LogP contribution < -0.4 is 15.5 Å². The van der Waals surface area contributed by atoms with E-state index >= 15 is 0 Å². The van der Waals surface area contributed by atoms with Crippen LogP contribution in [-0.2, 0) is 0 Å². The number of halogens is 1. The molecule has 0 saturated heterocycles. The molecule has 0 aliphatic carbocycles. The Morgan fingerprint density at radius 2 is 1.67 bits per heavy atom. The molecule has 0 atom stereocenters. The van der Waals surface area contributed by atoms with Crippen LogP contribution in [0.3, 0.4) is 0 Å². The van der Waals surface area contributed by atoms with E-state index in [2.05, 4.69) is 15.8 Å². The lowest BCUT2D eigenvalue weighted by atomic mass is 10.1. The molecule has 6 nitrogen and oxygen atoms in total. The molecule has 3 aromatic rings. The highest BCUT2D eigenvalue weighted by Crippen LogP contribution is 2.17. The average Bonchev–Trinajstić information content (AvgIpc) is 2.76. The van der Waals surface area contributed by atoms with Crippen LogP contribution in [0.2, 0.25) is 0 Å². The molecular weight excluding hydrogens is 385 g/mol. The Labute approximate surface area is 173 Å². The van der Waals surface area contributed by atoms with Crippen LogP contribution in [0, 0.1) is 5.82 Å². The minimum absolute atomic E-state index is 0.247. The molecule has 0 bridgehead atoms. The first kappa shape index (κ1) is 20.7. The quantitative estimate of drug-likeness (QED) is 0.456. The van der Waals surface area contributed by atoms with E-state index in [4.69, 9.17) is 4.74 Å². The van der Waals surface area contributed by atoms with Crippen LogP contribution >= 0.6 is 0 Å². The molecule has 0 saturated carbocycles. The summed E-state index contributed by atoms with van der Waals surface area (Å²) in [5.41, 5.74) is 4.08. The first-order chi connectivity index (χ1) is 14.6. The fourth-order valence-corrected chi connectivity index (χ4v) is 2.63. The van der Waals surface area contributed by atoms with Crippen molar-refractivity contribution < 1.29 is 18.7 Å². The molecule has 0 aromatic heterocycles. The monoisotopic (exact) mass is 405 g/mol. The van der Waals surface area contributed by atoms with Gasteiger partial charge >= 0.3 is 0 Å². The average molecular weight is 405 g/mol. The summed E-state index contributed by atoms with van der Waals surface area (Å²) in [5, 5.41) is 6.63. The number of hydrogen-bond acceptors (Lipinski definition) is 4. The Morgan fingerprint density at radius 1 is 0.967 bits per heavy atom. The third-order valence-electron chi connectivity index (χ3n) is 4.10. The van der Waals surface area contributed by atoms with Gasteiger partial charge in [-0.15, -0.1) is 0 Å². The highest BCUT2D eigenvalue weighted by molar-refractivity contribution is 6.09. The highest BCUT2D eigenvalue weighted by atomic mass is 19.1. The van der Waals surface area contributed by atoms with Gasteiger partial charge in [-0.05, 0) is 73.2 Å². The van der Waals surface area contributed by atoms with Gasteiger partial charge in [0.25, 0.3) is 11.8 Å². The van der Waals surface area contributed by atoms with Gasteiger partial charge in [-0.2, -0.15) is 5.10 Å². The Hall–Kier alpha value is -4.00. The van der Waals surface area contributed by atoms with Crippen molar-refractivity contribution in [2.45, 2.75) is 6.92 Å². The molecule has 0 unspecified atom stereocenters. The first-order valence-corrected chi connectivity index (χ1v) is 9.29. The SMILES string of the molecule is CCOc1ccc(C=NNC(=O)c2ccccc2NC(=O)c2ccc(F)cc2)cc1. The Kier molecular flexibility index (Phi) is 6.89. The Bertz CT molecular complexity index is 1050. The van der Waals surface area contributed by atoms with Crippen molar-refractivity contribution in [3.63, 3.8) is 0 Å². The second-order valence-corrected chi connectivity index (χ2v) is 6.21. The molecule has 2 N–H and O–H groups in total. The summed E-state index contributed by atoms with van der Waals surface area (Å²) in [6.45, 7) is 2.49. The summed E-state index contributed by atoms with van der Waals surface area (Å²) < 4.78 is 18.4. The molecule has 7 heteroatoms. The molecule has 0 heterocycles. The molecular formula is C23H20FN3O3. The standard InChI is InChI=1S/C23H20FN3O3/c1-2-30-19-13-7-16(8-14-19)15-25-27-23(29)20-5-3-4-6-21(20)26-22(28)17-9-11-18(24)12-10-17/h3-15H,2H2,1H3,(H,26,28)(H,27,29). The van der Waals surface area contributed by atoms with Crippen molar-refractivity contribution in [2.75, 3.05) is 11.9 Å². The lowest BCUT2D eigenvalue weighted by molar-refractivity contribution is 0.0956. The Morgan fingerprint density at radius 3 is 2.37 bits per heavy atom. The molecule has 0 spiro atoms. The molecule has 2 amide bonds. The van der Waals surface area contributed by atoms with Crippen molar-refractivity contribution in [1.29, 1.82) is 0 Å². The summed E-state index contributed by atoms with van der Waals surface area (Å²) in [7, 11) is 0. The number of carbonyl (C=O) groups excluding carboxylic acids is 2. The van der Waals surface area contributed by atoms with Crippen molar-refractivity contribution in [1.82, 2.24) is 5.43 Å². The van der Waals surface area contributed by atoms with Crippen molar-refractivity contribution in [2.24, 2.45) is 5.10 Å². The van der Waals surface area contributed by atoms with Gasteiger partial charge in [0.2, 0.25) is 0 Å². The van der Waals surface area contributed by atoms with E-state index < -0.39 is 17.6 Å². The third-order valence-corrected chi connectivity index (χ3v) is 4.10. The van der Waals surface area contributed by atoms with Gasteiger partial charge in [-0.1, -0.05) is 12.1 Å². The van der Waals surface area contributed by atoms with Gasteiger partial charge in [0.1, 0.15) is 11.6 Å². The van der Waals surface area contributed by atoms with E-state index in [-0.39, 0.29) is 11.1 Å². The van der Waals surface area contributed by atoms with Crippen molar-refractivity contribution in [3.8, 4) is 5.75 Å². The van der Waals surface area contributed by atoms with Crippen LogP contribution in [0.5, 0.6) is 5.75 Å². The maximum Gasteiger partial charge on any atom is 0.273 e. The van der Waals surface area contributed by atoms with Crippen LogP contribution in [0.4, 0.5) is 10.1 Å². The number of amides is 2. The second kappa shape index (κ2) is 9.97. The predicted molar refractivity (Wildman–Crippen MR) is 113 cm³/mol. The van der Waals surface area contributed by atoms with E-state index in [0.717, 1.165) is 11.3 Å². The van der Waals surface area contributed by atoms with E-state index in [9.17, 15) is 14.0 Å². The maximum absolute atomic E-state index is 13.0. The van der Waals surface area contributed by atoms with Crippen LogP contribution in [-0.4, -0.2) is 24.6 Å². The number of ether oxygens (including phenoxy) is 1. The Balaban J connectivity index is 1.66. The number of anilines is 1. The minimum Gasteiger partial charge on any atom is -0.494 e. The molecule has 0 fully saturated rings. The number of carbonyl (C=O) groups is 2. The van der Waals surface area contributed by atoms with E-state index in [1.807, 2.05) is 31.2 Å². The first-order valence-electron chi connectivity index (χ1n) is 9.29. The number of para-hydroxylation sites is 1. The fraction of sp³-hybridized carbons (Fsp3) is 0.0870. The highest BCUT2D eigenvalue weighted by Gasteiger charge is 2.13. The van der Waals surface area contributed by atoms with Crippen LogP contribution in [0.1, 0.15) is 33.2 Å². The number of benzene rings is 3. The molecule has 3 aromatic carbocycles. The number of rotatable bonds is 7. The third kappa shape index (κ3) is 5.51. The number of hydrogen-bond donors (Lipinski definition) is 2. The predicted octanol–water partition coefficient (Wildman–Crippen LogP) is 4.24. The van der Waals surface area contributed by atoms with Gasteiger partial charge in [0, 0.05) is 5.56 Å². The van der Waals surface area contributed by atoms with Gasteiger partial charge in [-0.3, -0.25) is 9.59 Å². The van der Waals surface area contributed by atoms with E-state index in [1.165, 1.54) is 30.5 Å². The minimum atomic E-state index is -0.479. The lowest BCUT2D eigenvalue weighted by Gasteiger charge is -2.10. The van der Waals surface area contributed by atoms with Gasteiger partial charge < -0.3 is 10.1 Å². The maximum atomic E-state index is 13.0. The second-order valence-electron chi connectivity index (χ2n) is 6.21. The zero-order valence-corrected chi connectivity index (χ0v) is 16.3. The molecule has 0 aliphatic rings. The van der Waals surface area contributed by atoms with Gasteiger partial charge in [-0.25, -0.2) is 9.82 Å². The number of nitrogens with one attached hydrogen (secondary N) is 2. The van der Waals surface area contributed by atoms with Crippen LogP contribution in [0.15, 0.2) is 77.9 Å². The topological polar surface area (TPSA) is 79.8 Å². The van der Waals surface area contributed by atoms with E-state index in [0.29, 0.717) is 12.3 Å². The zero-order chi connectivity index (χ0) is 21.3. The van der Waals surface area contributed by atoms with Crippen LogP contribution in [0.25, 0.3) is 0 Å². The summed E-state index contributed by atoms with van der Waals surface area (Å²) in [4.78, 5) is 24.9. The van der Waals surface area contributed by atoms with Gasteiger partial charge in [0.05, 0.1) is 24.1 Å². The summed E-state index contributed by atoms with van der Waals surface area (Å²) in [6, 6.07) is 18.9. The molecule has 0 aliphatic heterocycles. The summed E-state index contributed by atoms with van der Waals surface area (Å²) in [5.74, 6) is -0.610.